The largest absolute Gasteiger partial charge is 0.497 e. The zero-order valence-electron chi connectivity index (χ0n) is 11.3. The average Bonchev–Trinajstić information content (AvgIpc) is 2.47. The fourth-order valence-corrected chi connectivity index (χ4v) is 2.00. The van der Waals surface area contributed by atoms with Crippen LogP contribution in [0.25, 0.3) is 0 Å². The topological polar surface area (TPSA) is 51.6 Å². The predicted molar refractivity (Wildman–Crippen MR) is 72.5 cm³/mol. The van der Waals surface area contributed by atoms with E-state index >= 15 is 0 Å². The number of benzene rings is 1. The zero-order valence-corrected chi connectivity index (χ0v) is 11.3. The van der Waals surface area contributed by atoms with Gasteiger partial charge in [-0.25, -0.2) is 0 Å². The van der Waals surface area contributed by atoms with Gasteiger partial charge in [0.2, 0.25) is 0 Å². The Hall–Kier alpha value is -2.07. The third-order valence-electron chi connectivity index (χ3n) is 3.15. The first-order valence-electron chi connectivity index (χ1n) is 5.95. The number of aromatic nitrogens is 1. The van der Waals surface area contributed by atoms with Gasteiger partial charge in [0.15, 0.2) is 0 Å². The molecule has 0 spiro atoms. The van der Waals surface area contributed by atoms with Crippen LogP contribution in [0.1, 0.15) is 18.1 Å². The SMILES string of the molecule is COc1ccc(OC)c(C(C)(O)c2cccnc2)c1. The Morgan fingerprint density at radius 3 is 2.53 bits per heavy atom. The zero-order chi connectivity index (χ0) is 13.9. The second kappa shape index (κ2) is 5.28. The third-order valence-corrected chi connectivity index (χ3v) is 3.15. The minimum absolute atomic E-state index is 0.606. The lowest BCUT2D eigenvalue weighted by atomic mass is 9.88. The van der Waals surface area contributed by atoms with E-state index in [1.54, 1.807) is 57.8 Å². The van der Waals surface area contributed by atoms with E-state index in [1.165, 1.54) is 0 Å². The van der Waals surface area contributed by atoms with Crippen LogP contribution in [0.3, 0.4) is 0 Å². The third kappa shape index (κ3) is 2.53. The fraction of sp³-hybridized carbons (Fsp3) is 0.267. The molecule has 0 fully saturated rings. The first-order valence-corrected chi connectivity index (χ1v) is 5.95. The van der Waals surface area contributed by atoms with Crippen LogP contribution in [0, 0.1) is 0 Å². The summed E-state index contributed by atoms with van der Waals surface area (Å²) in [6, 6.07) is 8.95. The van der Waals surface area contributed by atoms with E-state index in [9.17, 15) is 5.11 Å². The molecule has 0 bridgehead atoms. The molecule has 4 nitrogen and oxygen atoms in total. The molecule has 0 aliphatic heterocycles. The van der Waals surface area contributed by atoms with Crippen molar-refractivity contribution in [2.75, 3.05) is 14.2 Å². The van der Waals surface area contributed by atoms with Crippen molar-refractivity contribution in [1.82, 2.24) is 4.98 Å². The van der Waals surface area contributed by atoms with Crippen molar-refractivity contribution in [3.63, 3.8) is 0 Å². The number of hydrogen-bond acceptors (Lipinski definition) is 4. The van der Waals surface area contributed by atoms with E-state index in [-0.39, 0.29) is 0 Å². The van der Waals surface area contributed by atoms with Crippen LogP contribution >= 0.6 is 0 Å². The Morgan fingerprint density at radius 1 is 1.16 bits per heavy atom. The van der Waals surface area contributed by atoms with Crippen LogP contribution in [-0.2, 0) is 5.60 Å². The van der Waals surface area contributed by atoms with Crippen molar-refractivity contribution in [3.05, 3.63) is 53.9 Å². The van der Waals surface area contributed by atoms with E-state index in [2.05, 4.69) is 4.98 Å². The summed E-state index contributed by atoms with van der Waals surface area (Å²) in [5.41, 5.74) is 0.137. The number of pyridine rings is 1. The molecule has 0 aliphatic rings. The lowest BCUT2D eigenvalue weighted by Gasteiger charge is -2.26. The van der Waals surface area contributed by atoms with E-state index < -0.39 is 5.60 Å². The summed E-state index contributed by atoms with van der Waals surface area (Å²) in [5, 5.41) is 10.8. The van der Waals surface area contributed by atoms with E-state index in [1.807, 2.05) is 6.07 Å². The summed E-state index contributed by atoms with van der Waals surface area (Å²) >= 11 is 0. The van der Waals surface area contributed by atoms with Gasteiger partial charge >= 0.3 is 0 Å². The number of nitrogens with zero attached hydrogens (tertiary/aromatic N) is 1. The van der Waals surface area contributed by atoms with Gasteiger partial charge in [-0.3, -0.25) is 4.98 Å². The highest BCUT2D eigenvalue weighted by Gasteiger charge is 2.29. The van der Waals surface area contributed by atoms with Crippen LogP contribution in [0.15, 0.2) is 42.7 Å². The van der Waals surface area contributed by atoms with Crippen molar-refractivity contribution >= 4 is 0 Å². The molecule has 4 heteroatoms. The van der Waals surface area contributed by atoms with Crippen LogP contribution < -0.4 is 9.47 Å². The second-order valence-electron chi connectivity index (χ2n) is 4.38. The van der Waals surface area contributed by atoms with Crippen molar-refractivity contribution in [2.45, 2.75) is 12.5 Å². The summed E-state index contributed by atoms with van der Waals surface area (Å²) in [6.45, 7) is 1.71. The molecule has 1 N–H and O–H groups in total. The van der Waals surface area contributed by atoms with Crippen molar-refractivity contribution < 1.29 is 14.6 Å². The van der Waals surface area contributed by atoms with Gasteiger partial charge in [0.05, 0.1) is 14.2 Å². The molecule has 0 saturated heterocycles. The summed E-state index contributed by atoms with van der Waals surface area (Å²) in [7, 11) is 3.16. The van der Waals surface area contributed by atoms with Gasteiger partial charge in [0, 0.05) is 23.5 Å². The van der Waals surface area contributed by atoms with E-state index in [4.69, 9.17) is 9.47 Å². The maximum absolute atomic E-state index is 10.8. The molecule has 19 heavy (non-hydrogen) atoms. The first kappa shape index (κ1) is 13.4. The highest BCUT2D eigenvalue weighted by Crippen LogP contribution is 2.37. The normalized spacial score (nSPS) is 13.7. The van der Waals surface area contributed by atoms with Crippen molar-refractivity contribution in [3.8, 4) is 11.5 Å². The Balaban J connectivity index is 2.56. The quantitative estimate of drug-likeness (QED) is 0.915. The van der Waals surface area contributed by atoms with Gasteiger partial charge in [-0.05, 0) is 31.2 Å². The van der Waals surface area contributed by atoms with Crippen LogP contribution in [-0.4, -0.2) is 24.3 Å². The molecule has 2 rings (SSSR count). The molecular weight excluding hydrogens is 242 g/mol. The molecule has 100 valence electrons. The maximum atomic E-state index is 10.8. The summed E-state index contributed by atoms with van der Waals surface area (Å²) < 4.78 is 10.5. The molecule has 2 aromatic rings. The van der Waals surface area contributed by atoms with Gasteiger partial charge in [-0.1, -0.05) is 6.07 Å². The Morgan fingerprint density at radius 2 is 1.95 bits per heavy atom. The Bertz CT molecular complexity index is 553. The average molecular weight is 259 g/mol. The molecule has 0 saturated carbocycles. The first-order chi connectivity index (χ1) is 9.09. The van der Waals surface area contributed by atoms with Crippen LogP contribution in [0.4, 0.5) is 0 Å². The molecule has 0 aliphatic carbocycles. The highest BCUT2D eigenvalue weighted by molar-refractivity contribution is 5.47. The monoisotopic (exact) mass is 259 g/mol. The standard InChI is InChI=1S/C15H17NO3/c1-15(17,11-5-4-8-16-10-11)13-9-12(18-2)6-7-14(13)19-3/h4-10,17H,1-3H3. The minimum Gasteiger partial charge on any atom is -0.497 e. The molecule has 1 heterocycles. The molecule has 0 radical (unpaired) electrons. The fourth-order valence-electron chi connectivity index (χ4n) is 2.00. The van der Waals surface area contributed by atoms with Gasteiger partial charge in [-0.2, -0.15) is 0 Å². The van der Waals surface area contributed by atoms with Crippen molar-refractivity contribution in [1.29, 1.82) is 0 Å². The second-order valence-corrected chi connectivity index (χ2v) is 4.38. The minimum atomic E-state index is -1.20. The molecule has 1 unspecified atom stereocenters. The van der Waals surface area contributed by atoms with Gasteiger partial charge in [-0.15, -0.1) is 0 Å². The van der Waals surface area contributed by atoms with Crippen LogP contribution in [0.2, 0.25) is 0 Å². The molecule has 1 aromatic carbocycles. The van der Waals surface area contributed by atoms with Gasteiger partial charge in [0.25, 0.3) is 0 Å². The molecular formula is C15H17NO3. The van der Waals surface area contributed by atoms with Crippen molar-refractivity contribution in [2.24, 2.45) is 0 Å². The van der Waals surface area contributed by atoms with Gasteiger partial charge in [0.1, 0.15) is 17.1 Å². The molecule has 1 atom stereocenters. The number of aliphatic hydroxyl groups is 1. The number of ether oxygens (including phenoxy) is 2. The Labute approximate surface area is 112 Å². The highest BCUT2D eigenvalue weighted by atomic mass is 16.5. The number of hydrogen-bond donors (Lipinski definition) is 1. The number of rotatable bonds is 4. The molecule has 0 amide bonds. The number of methoxy groups -OCH3 is 2. The van der Waals surface area contributed by atoms with E-state index in [0.29, 0.717) is 22.6 Å². The predicted octanol–water partition coefficient (Wildman–Crippen LogP) is 2.35. The summed E-state index contributed by atoms with van der Waals surface area (Å²) in [5.74, 6) is 1.27. The molecule has 1 aromatic heterocycles. The summed E-state index contributed by atoms with van der Waals surface area (Å²) in [4.78, 5) is 4.04. The van der Waals surface area contributed by atoms with E-state index in [0.717, 1.165) is 0 Å². The van der Waals surface area contributed by atoms with Crippen LogP contribution in [0.5, 0.6) is 11.5 Å². The maximum Gasteiger partial charge on any atom is 0.125 e. The van der Waals surface area contributed by atoms with Gasteiger partial charge < -0.3 is 14.6 Å². The lowest BCUT2D eigenvalue weighted by molar-refractivity contribution is 0.0982. The lowest BCUT2D eigenvalue weighted by Crippen LogP contribution is -2.23. The summed E-state index contributed by atoms with van der Waals surface area (Å²) in [6.07, 6.45) is 3.31. The Kier molecular flexibility index (Phi) is 3.71. The smallest absolute Gasteiger partial charge is 0.125 e.